The van der Waals surface area contributed by atoms with Gasteiger partial charge in [-0.15, -0.1) is 0 Å². The highest BCUT2D eigenvalue weighted by Gasteiger charge is 2.14. The number of allylic oxidation sites excluding steroid dienone is 1. The number of hydrogen-bond acceptors (Lipinski definition) is 3. The molecule has 2 aromatic carbocycles. The van der Waals surface area contributed by atoms with E-state index >= 15 is 0 Å². The topological polar surface area (TPSA) is 17.1 Å². The third-order valence-corrected chi connectivity index (χ3v) is 4.64. The minimum Gasteiger partial charge on any atom is -0.292 e. The first kappa shape index (κ1) is 14.9. The van der Waals surface area contributed by atoms with Crippen LogP contribution < -0.4 is 0 Å². The van der Waals surface area contributed by atoms with Crippen LogP contribution in [0.15, 0.2) is 80.5 Å². The summed E-state index contributed by atoms with van der Waals surface area (Å²) in [4.78, 5) is 13.1. The zero-order valence-electron chi connectivity index (χ0n) is 10.9. The Balaban J connectivity index is 2.27. The van der Waals surface area contributed by atoms with Crippen molar-refractivity contribution in [2.45, 2.75) is 16.7 Å². The summed E-state index contributed by atoms with van der Waals surface area (Å²) in [5, 5.41) is 0. The van der Waals surface area contributed by atoms with E-state index in [0.29, 0.717) is 4.24 Å². The minimum atomic E-state index is -0.687. The maximum atomic E-state index is 14.0. The van der Waals surface area contributed by atoms with Gasteiger partial charge in [-0.05, 0) is 24.3 Å². The lowest BCUT2D eigenvalue weighted by Gasteiger charge is -2.08. The highest BCUT2D eigenvalue weighted by atomic mass is 32.2. The first-order chi connectivity index (χ1) is 9.66. The van der Waals surface area contributed by atoms with Gasteiger partial charge in [0.05, 0.1) is 4.24 Å². The fourth-order valence-corrected chi connectivity index (χ4v) is 3.67. The van der Waals surface area contributed by atoms with E-state index < -0.39 is 11.6 Å². The van der Waals surface area contributed by atoms with Gasteiger partial charge in [-0.3, -0.25) is 4.79 Å². The summed E-state index contributed by atoms with van der Waals surface area (Å²) in [5.74, 6) is -1.24. The molecule has 0 aliphatic carbocycles. The van der Waals surface area contributed by atoms with Crippen LogP contribution >= 0.6 is 23.5 Å². The van der Waals surface area contributed by atoms with E-state index in [0.717, 1.165) is 9.79 Å². The second-order valence-electron chi connectivity index (χ2n) is 3.99. The molecular weight excluding hydrogens is 291 g/mol. The summed E-state index contributed by atoms with van der Waals surface area (Å²) in [6, 6.07) is 18.9. The lowest BCUT2D eigenvalue weighted by molar-refractivity contribution is -0.114. The van der Waals surface area contributed by atoms with Crippen LogP contribution in [-0.2, 0) is 4.79 Å². The molecule has 0 fully saturated rings. The molecule has 1 nitrogen and oxygen atoms in total. The molecule has 102 valence electrons. The van der Waals surface area contributed by atoms with Crippen molar-refractivity contribution in [2.24, 2.45) is 0 Å². The lowest BCUT2D eigenvalue weighted by Crippen LogP contribution is -1.92. The SMILES string of the molecule is CC(=O)C(F)=C(Sc1ccccc1)Sc1ccccc1. The van der Waals surface area contributed by atoms with Crippen molar-refractivity contribution in [2.75, 3.05) is 0 Å². The summed E-state index contributed by atoms with van der Waals surface area (Å²) in [6.07, 6.45) is 0. The summed E-state index contributed by atoms with van der Waals surface area (Å²) >= 11 is 2.53. The molecule has 0 saturated heterocycles. The Kier molecular flexibility index (Phi) is 5.44. The molecule has 0 aliphatic heterocycles. The second kappa shape index (κ2) is 7.31. The van der Waals surface area contributed by atoms with Gasteiger partial charge in [0.25, 0.3) is 0 Å². The van der Waals surface area contributed by atoms with Crippen LogP contribution in [0.1, 0.15) is 6.92 Å². The molecule has 0 heterocycles. The number of thioether (sulfide) groups is 2. The van der Waals surface area contributed by atoms with Crippen LogP contribution in [0.2, 0.25) is 0 Å². The molecule has 4 heteroatoms. The Morgan fingerprint density at radius 2 is 1.25 bits per heavy atom. The van der Waals surface area contributed by atoms with E-state index in [4.69, 9.17) is 0 Å². The van der Waals surface area contributed by atoms with Crippen LogP contribution in [0.3, 0.4) is 0 Å². The zero-order valence-corrected chi connectivity index (χ0v) is 12.5. The van der Waals surface area contributed by atoms with Crippen LogP contribution in [0.25, 0.3) is 0 Å². The van der Waals surface area contributed by atoms with Crippen molar-refractivity contribution in [3.8, 4) is 0 Å². The van der Waals surface area contributed by atoms with Crippen molar-refractivity contribution < 1.29 is 9.18 Å². The fraction of sp³-hybridized carbons (Fsp3) is 0.0625. The molecule has 0 aliphatic rings. The van der Waals surface area contributed by atoms with Crippen LogP contribution in [0, 0.1) is 0 Å². The van der Waals surface area contributed by atoms with Crippen molar-refractivity contribution in [3.05, 3.63) is 70.7 Å². The monoisotopic (exact) mass is 304 g/mol. The minimum absolute atomic E-state index is 0.370. The Hall–Kier alpha value is -1.52. The van der Waals surface area contributed by atoms with Gasteiger partial charge >= 0.3 is 0 Å². The molecule has 0 atom stereocenters. The van der Waals surface area contributed by atoms with Gasteiger partial charge in [0.2, 0.25) is 0 Å². The lowest BCUT2D eigenvalue weighted by atomic mass is 10.4. The maximum Gasteiger partial charge on any atom is 0.189 e. The largest absolute Gasteiger partial charge is 0.292 e. The van der Waals surface area contributed by atoms with E-state index in [9.17, 15) is 9.18 Å². The summed E-state index contributed by atoms with van der Waals surface area (Å²) in [6.45, 7) is 1.24. The fourth-order valence-electron chi connectivity index (χ4n) is 1.45. The number of rotatable bonds is 5. The van der Waals surface area contributed by atoms with Crippen molar-refractivity contribution in [1.82, 2.24) is 0 Å². The third-order valence-electron chi connectivity index (χ3n) is 2.40. The predicted molar refractivity (Wildman–Crippen MR) is 83.4 cm³/mol. The van der Waals surface area contributed by atoms with Gasteiger partial charge in [-0.2, -0.15) is 0 Å². The Morgan fingerprint density at radius 1 is 0.850 bits per heavy atom. The van der Waals surface area contributed by atoms with E-state index in [1.54, 1.807) is 0 Å². The molecule has 0 spiro atoms. The maximum absolute atomic E-state index is 14.0. The molecule has 0 saturated carbocycles. The van der Waals surface area contributed by atoms with Gasteiger partial charge in [0, 0.05) is 16.7 Å². The van der Waals surface area contributed by atoms with Crippen LogP contribution in [0.4, 0.5) is 4.39 Å². The molecule has 0 amide bonds. The van der Waals surface area contributed by atoms with Crippen LogP contribution in [-0.4, -0.2) is 5.78 Å². The molecule has 0 unspecified atom stereocenters. The number of ketones is 1. The molecular formula is C16H13FOS2. The molecule has 2 aromatic rings. The molecule has 0 radical (unpaired) electrons. The molecule has 20 heavy (non-hydrogen) atoms. The highest BCUT2D eigenvalue weighted by Crippen LogP contribution is 2.41. The highest BCUT2D eigenvalue weighted by molar-refractivity contribution is 8.22. The van der Waals surface area contributed by atoms with E-state index in [1.807, 2.05) is 60.7 Å². The van der Waals surface area contributed by atoms with Gasteiger partial charge in [0.15, 0.2) is 11.6 Å². The molecule has 0 bridgehead atoms. The van der Waals surface area contributed by atoms with E-state index in [-0.39, 0.29) is 0 Å². The third kappa shape index (κ3) is 4.25. The first-order valence-corrected chi connectivity index (χ1v) is 7.66. The first-order valence-electron chi connectivity index (χ1n) is 6.03. The number of carbonyl (C=O) groups is 1. The van der Waals surface area contributed by atoms with E-state index in [1.165, 1.54) is 30.4 Å². The number of carbonyl (C=O) groups excluding carboxylic acids is 1. The quantitative estimate of drug-likeness (QED) is 0.551. The zero-order chi connectivity index (χ0) is 14.4. The standard InChI is InChI=1S/C16H13FOS2/c1-12(18)15(17)16(19-13-8-4-2-5-9-13)20-14-10-6-3-7-11-14/h2-11H,1H3. The van der Waals surface area contributed by atoms with Gasteiger partial charge in [0.1, 0.15) is 0 Å². The van der Waals surface area contributed by atoms with E-state index in [2.05, 4.69) is 0 Å². The van der Waals surface area contributed by atoms with Gasteiger partial charge in [-0.1, -0.05) is 59.9 Å². The number of hydrogen-bond donors (Lipinski definition) is 0. The molecule has 0 aromatic heterocycles. The van der Waals surface area contributed by atoms with Crippen molar-refractivity contribution in [1.29, 1.82) is 0 Å². The Morgan fingerprint density at radius 3 is 1.60 bits per heavy atom. The summed E-state index contributed by atoms with van der Waals surface area (Å²) < 4.78 is 14.4. The normalized spacial score (nSPS) is 10.1. The average Bonchev–Trinajstić information content (AvgIpc) is 2.48. The smallest absolute Gasteiger partial charge is 0.189 e. The summed E-state index contributed by atoms with van der Waals surface area (Å²) in [7, 11) is 0. The predicted octanol–water partition coefficient (Wildman–Crippen LogP) is 5.30. The second-order valence-corrected chi connectivity index (χ2v) is 6.41. The number of benzene rings is 2. The Bertz CT molecular complexity index is 565. The van der Waals surface area contributed by atoms with Gasteiger partial charge in [-0.25, -0.2) is 4.39 Å². The number of halogens is 1. The molecule has 2 rings (SSSR count). The van der Waals surface area contributed by atoms with Crippen molar-refractivity contribution in [3.63, 3.8) is 0 Å². The van der Waals surface area contributed by atoms with Gasteiger partial charge < -0.3 is 0 Å². The molecule has 0 N–H and O–H groups in total. The summed E-state index contributed by atoms with van der Waals surface area (Å²) in [5.41, 5.74) is 0. The average molecular weight is 304 g/mol. The Labute approximate surface area is 126 Å². The van der Waals surface area contributed by atoms with Crippen LogP contribution in [0.5, 0.6) is 0 Å². The number of Topliss-reactive ketones (excluding diaryl/α,β-unsaturated/α-hetero) is 1. The van der Waals surface area contributed by atoms with Crippen molar-refractivity contribution >= 4 is 29.3 Å².